The summed E-state index contributed by atoms with van der Waals surface area (Å²) in [6.45, 7) is 2.95. The summed E-state index contributed by atoms with van der Waals surface area (Å²) in [5.74, 6) is 0.906. The van der Waals surface area contributed by atoms with Crippen LogP contribution in [0, 0.1) is 6.92 Å². The molecule has 1 aromatic rings. The first kappa shape index (κ1) is 15.6. The minimum atomic E-state index is 0. The van der Waals surface area contributed by atoms with Crippen molar-refractivity contribution in [1.82, 2.24) is 15.2 Å². The number of aliphatic imine (C=N–C) groups is 1. The van der Waals surface area contributed by atoms with Crippen LogP contribution in [-0.2, 0) is 6.42 Å². The lowest BCUT2D eigenvalue weighted by Crippen LogP contribution is -2.37. The Morgan fingerprint density at radius 1 is 1.56 bits per heavy atom. The van der Waals surface area contributed by atoms with E-state index < -0.39 is 0 Å². The predicted octanol–water partition coefficient (Wildman–Crippen LogP) is 1.75. The molecule has 0 bridgehead atoms. The van der Waals surface area contributed by atoms with Gasteiger partial charge < -0.3 is 10.2 Å². The van der Waals surface area contributed by atoms with Gasteiger partial charge in [-0.1, -0.05) is 0 Å². The Balaban J connectivity index is 0.00000225. The fourth-order valence-electron chi connectivity index (χ4n) is 1.24. The number of nitrogens with one attached hydrogen (secondary N) is 1. The van der Waals surface area contributed by atoms with Crippen molar-refractivity contribution in [2.45, 2.75) is 13.3 Å². The van der Waals surface area contributed by atoms with Gasteiger partial charge in [-0.2, -0.15) is 0 Å². The van der Waals surface area contributed by atoms with Crippen molar-refractivity contribution in [2.75, 3.05) is 27.7 Å². The van der Waals surface area contributed by atoms with Gasteiger partial charge in [0.2, 0.25) is 0 Å². The molecule has 0 aromatic carbocycles. The first-order chi connectivity index (χ1) is 7.13. The fraction of sp³-hybridized carbons (Fsp3) is 0.600. The highest BCUT2D eigenvalue weighted by Gasteiger charge is 2.01. The second-order valence-electron chi connectivity index (χ2n) is 3.48. The Morgan fingerprint density at radius 2 is 2.25 bits per heavy atom. The number of aromatic nitrogens is 1. The zero-order valence-electron chi connectivity index (χ0n) is 10.1. The number of thiazole rings is 1. The second-order valence-corrected chi connectivity index (χ2v) is 4.80. The van der Waals surface area contributed by atoms with Gasteiger partial charge in [-0.15, -0.1) is 35.3 Å². The van der Waals surface area contributed by atoms with Crippen molar-refractivity contribution in [1.29, 1.82) is 0 Å². The number of rotatable bonds is 3. The largest absolute Gasteiger partial charge is 0.356 e. The van der Waals surface area contributed by atoms with Crippen LogP contribution in [0.25, 0.3) is 0 Å². The van der Waals surface area contributed by atoms with E-state index in [4.69, 9.17) is 0 Å². The topological polar surface area (TPSA) is 40.5 Å². The van der Waals surface area contributed by atoms with Gasteiger partial charge in [0, 0.05) is 45.2 Å². The molecule has 0 saturated carbocycles. The molecule has 0 amide bonds. The van der Waals surface area contributed by atoms with E-state index in [0.29, 0.717) is 0 Å². The molecule has 4 nitrogen and oxygen atoms in total. The van der Waals surface area contributed by atoms with E-state index in [1.54, 1.807) is 18.4 Å². The van der Waals surface area contributed by atoms with Gasteiger partial charge in [0.05, 0.1) is 5.01 Å². The minimum absolute atomic E-state index is 0. The summed E-state index contributed by atoms with van der Waals surface area (Å²) in [5, 5.41) is 4.44. The minimum Gasteiger partial charge on any atom is -0.356 e. The van der Waals surface area contributed by atoms with Crippen LogP contribution in [0.15, 0.2) is 11.2 Å². The van der Waals surface area contributed by atoms with Gasteiger partial charge in [-0.05, 0) is 6.92 Å². The fourth-order valence-corrected chi connectivity index (χ4v) is 2.02. The molecule has 0 unspecified atom stereocenters. The van der Waals surface area contributed by atoms with E-state index in [-0.39, 0.29) is 24.0 Å². The third kappa shape index (κ3) is 5.11. The summed E-state index contributed by atoms with van der Waals surface area (Å²) in [4.78, 5) is 11.7. The summed E-state index contributed by atoms with van der Waals surface area (Å²) >= 11 is 1.75. The van der Waals surface area contributed by atoms with Crippen molar-refractivity contribution in [2.24, 2.45) is 4.99 Å². The van der Waals surface area contributed by atoms with E-state index in [9.17, 15) is 0 Å². The molecule has 1 heterocycles. The molecule has 92 valence electrons. The number of nitrogens with zero attached hydrogens (tertiary/aromatic N) is 3. The SMILES string of the molecule is CN=C(NCCc1ncc(C)s1)N(C)C.I. The Hall–Kier alpha value is -0.370. The van der Waals surface area contributed by atoms with Gasteiger partial charge in [-0.25, -0.2) is 4.98 Å². The lowest BCUT2D eigenvalue weighted by atomic mass is 10.4. The Kier molecular flexibility index (Phi) is 7.65. The monoisotopic (exact) mass is 354 g/mol. The Labute approximate surface area is 118 Å². The zero-order chi connectivity index (χ0) is 11.3. The maximum Gasteiger partial charge on any atom is 0.193 e. The number of halogens is 1. The average molecular weight is 354 g/mol. The van der Waals surface area contributed by atoms with E-state index in [0.717, 1.165) is 18.9 Å². The molecular weight excluding hydrogens is 335 g/mol. The van der Waals surface area contributed by atoms with Crippen molar-refractivity contribution in [3.05, 3.63) is 16.1 Å². The molecule has 0 radical (unpaired) electrons. The molecule has 1 N–H and O–H groups in total. The van der Waals surface area contributed by atoms with E-state index in [1.165, 1.54) is 9.88 Å². The zero-order valence-corrected chi connectivity index (χ0v) is 13.3. The number of hydrogen-bond donors (Lipinski definition) is 1. The normalized spacial score (nSPS) is 10.9. The molecule has 0 atom stereocenters. The number of guanidine groups is 1. The highest BCUT2D eigenvalue weighted by molar-refractivity contribution is 14.0. The van der Waals surface area contributed by atoms with Crippen LogP contribution in [-0.4, -0.2) is 43.5 Å². The predicted molar refractivity (Wildman–Crippen MR) is 81.0 cm³/mol. The number of aryl methyl sites for hydroxylation is 1. The first-order valence-corrected chi connectivity index (χ1v) is 5.74. The molecule has 0 aliphatic carbocycles. The van der Waals surface area contributed by atoms with Gasteiger partial charge in [0.1, 0.15) is 0 Å². The van der Waals surface area contributed by atoms with Crippen molar-refractivity contribution in [3.8, 4) is 0 Å². The molecule has 6 heteroatoms. The van der Waals surface area contributed by atoms with Crippen LogP contribution in [0.3, 0.4) is 0 Å². The van der Waals surface area contributed by atoms with Crippen molar-refractivity contribution >= 4 is 41.3 Å². The van der Waals surface area contributed by atoms with Gasteiger partial charge >= 0.3 is 0 Å². The number of hydrogen-bond acceptors (Lipinski definition) is 3. The second kappa shape index (κ2) is 7.83. The van der Waals surface area contributed by atoms with E-state index in [2.05, 4.69) is 22.2 Å². The summed E-state index contributed by atoms with van der Waals surface area (Å²) < 4.78 is 0. The maximum atomic E-state index is 4.31. The Bertz CT molecular complexity index is 335. The molecule has 0 aliphatic heterocycles. The molecule has 0 fully saturated rings. The van der Waals surface area contributed by atoms with Gasteiger partial charge in [-0.3, -0.25) is 4.99 Å². The third-order valence-corrected chi connectivity index (χ3v) is 2.90. The summed E-state index contributed by atoms with van der Waals surface area (Å²) in [6, 6.07) is 0. The molecule has 1 rings (SSSR count). The molecular formula is C10H19IN4S. The quantitative estimate of drug-likeness (QED) is 0.511. The maximum absolute atomic E-state index is 4.31. The lowest BCUT2D eigenvalue weighted by molar-refractivity contribution is 0.583. The van der Waals surface area contributed by atoms with Crippen molar-refractivity contribution in [3.63, 3.8) is 0 Å². The molecule has 0 aliphatic rings. The van der Waals surface area contributed by atoms with Crippen LogP contribution >= 0.6 is 35.3 Å². The lowest BCUT2D eigenvalue weighted by Gasteiger charge is -2.16. The standard InChI is InChI=1S/C10H18N4S.HI/c1-8-7-13-9(15-8)5-6-12-10(11-2)14(3)4;/h7H,5-6H2,1-4H3,(H,11,12);1H. The molecule has 16 heavy (non-hydrogen) atoms. The van der Waals surface area contributed by atoms with Crippen LogP contribution in [0.1, 0.15) is 9.88 Å². The molecule has 0 saturated heterocycles. The van der Waals surface area contributed by atoms with Crippen LogP contribution < -0.4 is 5.32 Å². The third-order valence-electron chi connectivity index (χ3n) is 1.93. The highest BCUT2D eigenvalue weighted by atomic mass is 127. The van der Waals surface area contributed by atoms with Crippen LogP contribution in [0.2, 0.25) is 0 Å². The van der Waals surface area contributed by atoms with Crippen molar-refractivity contribution < 1.29 is 0 Å². The van der Waals surface area contributed by atoms with Gasteiger partial charge in [0.25, 0.3) is 0 Å². The average Bonchev–Trinajstić information content (AvgIpc) is 2.58. The smallest absolute Gasteiger partial charge is 0.193 e. The summed E-state index contributed by atoms with van der Waals surface area (Å²) in [6.07, 6.45) is 2.87. The van der Waals surface area contributed by atoms with E-state index in [1.807, 2.05) is 25.2 Å². The van der Waals surface area contributed by atoms with Gasteiger partial charge in [0.15, 0.2) is 5.96 Å². The molecule has 0 spiro atoms. The highest BCUT2D eigenvalue weighted by Crippen LogP contribution is 2.10. The summed E-state index contributed by atoms with van der Waals surface area (Å²) in [5.41, 5.74) is 0. The summed E-state index contributed by atoms with van der Waals surface area (Å²) in [7, 11) is 5.74. The van der Waals surface area contributed by atoms with Crippen LogP contribution in [0.4, 0.5) is 0 Å². The van der Waals surface area contributed by atoms with E-state index >= 15 is 0 Å². The Morgan fingerprint density at radius 3 is 2.69 bits per heavy atom. The molecule has 1 aromatic heterocycles. The van der Waals surface area contributed by atoms with Crippen LogP contribution in [0.5, 0.6) is 0 Å². The first-order valence-electron chi connectivity index (χ1n) is 4.92.